The van der Waals surface area contributed by atoms with E-state index in [1.165, 1.54) is 0 Å². The molecule has 0 spiro atoms. The Morgan fingerprint density at radius 3 is 2.70 bits per heavy atom. The van der Waals surface area contributed by atoms with Crippen molar-refractivity contribution in [2.24, 2.45) is 0 Å². The Labute approximate surface area is 140 Å². The number of hydrogen-bond donors (Lipinski definition) is 2. The number of nitrogens with zero attached hydrogens (tertiary/aromatic N) is 1. The highest BCUT2D eigenvalue weighted by Crippen LogP contribution is 2.37. The van der Waals surface area contributed by atoms with Crippen LogP contribution in [0.4, 0.5) is 0 Å². The fourth-order valence-electron chi connectivity index (χ4n) is 3.18. The molecule has 2 heterocycles. The number of rotatable bonds is 3. The highest BCUT2D eigenvalue weighted by atomic mass is 32.1. The second-order valence-electron chi connectivity index (χ2n) is 6.37. The van der Waals surface area contributed by atoms with E-state index in [-0.39, 0.29) is 18.0 Å². The van der Waals surface area contributed by atoms with Crippen LogP contribution in [-0.2, 0) is 0 Å². The van der Waals surface area contributed by atoms with Crippen molar-refractivity contribution in [1.82, 2.24) is 10.2 Å². The summed E-state index contributed by atoms with van der Waals surface area (Å²) in [6, 6.07) is 12.8. The van der Waals surface area contributed by atoms with E-state index in [0.717, 1.165) is 11.4 Å². The van der Waals surface area contributed by atoms with E-state index < -0.39 is 5.60 Å². The largest absolute Gasteiger partial charge is 0.388 e. The van der Waals surface area contributed by atoms with Crippen LogP contribution in [0.1, 0.15) is 34.6 Å². The first-order valence-corrected chi connectivity index (χ1v) is 8.69. The van der Waals surface area contributed by atoms with Crippen molar-refractivity contribution < 1.29 is 9.90 Å². The van der Waals surface area contributed by atoms with E-state index in [0.29, 0.717) is 12.0 Å². The fraction of sp³-hybridized carbons (Fsp3) is 0.389. The van der Waals surface area contributed by atoms with Crippen LogP contribution in [0.2, 0.25) is 0 Å². The smallest absolute Gasteiger partial charge is 0.251 e. The maximum Gasteiger partial charge on any atom is 0.251 e. The Morgan fingerprint density at radius 2 is 2.04 bits per heavy atom. The second-order valence-corrected chi connectivity index (χ2v) is 7.34. The molecule has 1 saturated heterocycles. The SMILES string of the molecule is CN1CCC(C)(O)C(NC(=O)c2ccccc2)C1c1cccs1. The lowest BCUT2D eigenvalue weighted by Gasteiger charge is -2.47. The van der Waals surface area contributed by atoms with Gasteiger partial charge < -0.3 is 10.4 Å². The highest BCUT2D eigenvalue weighted by molar-refractivity contribution is 7.10. The molecule has 23 heavy (non-hydrogen) atoms. The second kappa shape index (κ2) is 6.43. The Morgan fingerprint density at radius 1 is 1.30 bits per heavy atom. The average Bonchev–Trinajstić information content (AvgIpc) is 3.06. The number of likely N-dealkylation sites (tertiary alicyclic amines) is 1. The van der Waals surface area contributed by atoms with Gasteiger partial charge in [0.15, 0.2) is 0 Å². The predicted octanol–water partition coefficient (Wildman–Crippen LogP) is 2.67. The Kier molecular flexibility index (Phi) is 4.53. The Bertz CT molecular complexity index is 655. The molecule has 1 amide bonds. The summed E-state index contributed by atoms with van der Waals surface area (Å²) in [7, 11) is 2.04. The average molecular weight is 330 g/mol. The summed E-state index contributed by atoms with van der Waals surface area (Å²) in [5.41, 5.74) is -0.326. The molecule has 3 rings (SSSR count). The zero-order valence-electron chi connectivity index (χ0n) is 13.4. The van der Waals surface area contributed by atoms with E-state index in [2.05, 4.69) is 16.3 Å². The lowest BCUT2D eigenvalue weighted by atomic mass is 9.82. The summed E-state index contributed by atoms with van der Waals surface area (Å²) >= 11 is 1.66. The van der Waals surface area contributed by atoms with Gasteiger partial charge in [0.25, 0.3) is 5.91 Å². The lowest BCUT2D eigenvalue weighted by molar-refractivity contribution is -0.0558. The van der Waals surface area contributed by atoms with Crippen molar-refractivity contribution in [2.75, 3.05) is 13.6 Å². The molecule has 3 unspecified atom stereocenters. The van der Waals surface area contributed by atoms with Crippen molar-refractivity contribution in [2.45, 2.75) is 31.0 Å². The van der Waals surface area contributed by atoms with Gasteiger partial charge in [-0.25, -0.2) is 0 Å². The van der Waals surface area contributed by atoms with Gasteiger partial charge in [-0.3, -0.25) is 9.69 Å². The standard InChI is InChI=1S/C18H22N2O2S/c1-18(22)10-11-20(2)15(14-9-6-12-23-14)16(18)19-17(21)13-7-4-3-5-8-13/h3-9,12,15-16,22H,10-11H2,1-2H3,(H,19,21). The molecule has 1 aromatic carbocycles. The maximum atomic E-state index is 12.6. The molecule has 0 radical (unpaired) electrons. The van der Waals surface area contributed by atoms with Crippen LogP contribution in [-0.4, -0.2) is 41.1 Å². The molecule has 1 aliphatic heterocycles. The molecule has 0 saturated carbocycles. The summed E-state index contributed by atoms with van der Waals surface area (Å²) in [6.45, 7) is 2.61. The molecular weight excluding hydrogens is 308 g/mol. The molecule has 2 N–H and O–H groups in total. The number of carbonyl (C=O) groups excluding carboxylic acids is 1. The molecule has 4 nitrogen and oxygen atoms in total. The van der Waals surface area contributed by atoms with E-state index in [1.807, 2.05) is 43.6 Å². The minimum absolute atomic E-state index is 0.0218. The summed E-state index contributed by atoms with van der Waals surface area (Å²) in [4.78, 5) is 16.0. The van der Waals surface area contributed by atoms with Gasteiger partial charge in [0, 0.05) is 17.0 Å². The van der Waals surface area contributed by atoms with Gasteiger partial charge in [0.05, 0.1) is 17.7 Å². The lowest BCUT2D eigenvalue weighted by Crippen LogP contribution is -2.61. The summed E-state index contributed by atoms with van der Waals surface area (Å²) in [6.07, 6.45) is 0.630. The summed E-state index contributed by atoms with van der Waals surface area (Å²) in [5.74, 6) is -0.146. The molecule has 1 aliphatic rings. The van der Waals surface area contributed by atoms with Crippen LogP contribution >= 0.6 is 11.3 Å². The van der Waals surface area contributed by atoms with Gasteiger partial charge in [0.2, 0.25) is 0 Å². The van der Waals surface area contributed by atoms with Gasteiger partial charge in [-0.05, 0) is 44.0 Å². The number of likely N-dealkylation sites (N-methyl/N-ethyl adjacent to an activating group) is 1. The molecule has 5 heteroatoms. The fourth-order valence-corrected chi connectivity index (χ4v) is 4.11. The van der Waals surface area contributed by atoms with Gasteiger partial charge in [0.1, 0.15) is 0 Å². The van der Waals surface area contributed by atoms with Gasteiger partial charge >= 0.3 is 0 Å². The highest BCUT2D eigenvalue weighted by Gasteiger charge is 2.45. The number of carbonyl (C=O) groups is 1. The number of piperidine rings is 1. The minimum atomic E-state index is -0.939. The molecular formula is C18H22N2O2S. The number of benzene rings is 1. The Hall–Kier alpha value is -1.69. The molecule has 122 valence electrons. The third kappa shape index (κ3) is 3.32. The van der Waals surface area contributed by atoms with Gasteiger partial charge in [-0.1, -0.05) is 24.3 Å². The van der Waals surface area contributed by atoms with Crippen LogP contribution in [0.3, 0.4) is 0 Å². The van der Waals surface area contributed by atoms with Crippen LogP contribution in [0, 0.1) is 0 Å². The number of aliphatic hydroxyl groups is 1. The number of amides is 1. The van der Waals surface area contributed by atoms with Crippen molar-refractivity contribution >= 4 is 17.2 Å². The molecule has 1 fully saturated rings. The molecule has 1 aromatic heterocycles. The quantitative estimate of drug-likeness (QED) is 0.910. The third-order valence-corrected chi connectivity index (χ3v) is 5.53. The van der Waals surface area contributed by atoms with Crippen molar-refractivity contribution in [3.63, 3.8) is 0 Å². The predicted molar refractivity (Wildman–Crippen MR) is 92.6 cm³/mol. The van der Waals surface area contributed by atoms with E-state index >= 15 is 0 Å². The molecule has 0 bridgehead atoms. The number of nitrogens with one attached hydrogen (secondary N) is 1. The minimum Gasteiger partial charge on any atom is -0.388 e. The van der Waals surface area contributed by atoms with Gasteiger partial charge in [-0.15, -0.1) is 11.3 Å². The molecule has 0 aliphatic carbocycles. The monoisotopic (exact) mass is 330 g/mol. The maximum absolute atomic E-state index is 12.6. The first-order valence-electron chi connectivity index (χ1n) is 7.81. The van der Waals surface area contributed by atoms with Crippen LogP contribution < -0.4 is 5.32 Å². The topological polar surface area (TPSA) is 52.6 Å². The summed E-state index contributed by atoms with van der Waals surface area (Å²) < 4.78 is 0. The first-order chi connectivity index (χ1) is 11.0. The third-order valence-electron chi connectivity index (χ3n) is 4.59. The zero-order valence-corrected chi connectivity index (χ0v) is 14.2. The van der Waals surface area contributed by atoms with Gasteiger partial charge in [-0.2, -0.15) is 0 Å². The number of thiophene rings is 1. The molecule has 2 aromatic rings. The van der Waals surface area contributed by atoms with E-state index in [4.69, 9.17) is 0 Å². The van der Waals surface area contributed by atoms with Crippen molar-refractivity contribution in [1.29, 1.82) is 0 Å². The zero-order chi connectivity index (χ0) is 16.4. The normalized spacial score (nSPS) is 28.5. The first kappa shape index (κ1) is 16.2. The van der Waals surface area contributed by atoms with Crippen LogP contribution in [0.15, 0.2) is 47.8 Å². The van der Waals surface area contributed by atoms with E-state index in [9.17, 15) is 9.90 Å². The van der Waals surface area contributed by atoms with E-state index in [1.54, 1.807) is 23.5 Å². The van der Waals surface area contributed by atoms with Crippen LogP contribution in [0.5, 0.6) is 0 Å². The van der Waals surface area contributed by atoms with Crippen molar-refractivity contribution in [3.8, 4) is 0 Å². The van der Waals surface area contributed by atoms with Crippen molar-refractivity contribution in [3.05, 3.63) is 58.3 Å². The summed E-state index contributed by atoms with van der Waals surface area (Å²) in [5, 5.41) is 16.0. The van der Waals surface area contributed by atoms with Crippen LogP contribution in [0.25, 0.3) is 0 Å². The Balaban J connectivity index is 1.89. The molecule has 3 atom stereocenters. The number of hydrogen-bond acceptors (Lipinski definition) is 4.